The number of aromatic nitrogens is 1. The highest BCUT2D eigenvalue weighted by atomic mass is 79.9. The molecule has 0 unspecified atom stereocenters. The van der Waals surface area contributed by atoms with Crippen molar-refractivity contribution in [2.75, 3.05) is 0 Å². The number of fused-ring (bicyclic) bond motifs is 5. The maximum absolute atomic E-state index is 3.62. The molecule has 2 aromatic carbocycles. The highest BCUT2D eigenvalue weighted by Gasteiger charge is 2.13. The van der Waals surface area contributed by atoms with Gasteiger partial charge in [0.1, 0.15) is 0 Å². The Morgan fingerprint density at radius 2 is 2.06 bits per heavy atom. The molecule has 1 aliphatic rings. The van der Waals surface area contributed by atoms with Gasteiger partial charge >= 0.3 is 0 Å². The molecule has 0 radical (unpaired) electrons. The number of aromatic amines is 1. The summed E-state index contributed by atoms with van der Waals surface area (Å²) >= 11 is 3.62. The third kappa shape index (κ3) is 1.33. The Morgan fingerprint density at radius 1 is 1.11 bits per heavy atom. The fraction of sp³-hybridized carbons (Fsp3) is 0.125. The van der Waals surface area contributed by atoms with Gasteiger partial charge in [0.15, 0.2) is 0 Å². The number of hydrogen-bond acceptors (Lipinski definition) is 0. The number of rotatable bonds is 0. The number of hydrogen-bond donors (Lipinski definition) is 1. The standard InChI is InChI=1S/C16H12BrN/c17-13-7-3-6-12-15-11-5-2-1-4-10(11)8-9-14(15)18-16(12)13/h2-3,5-9,18H,1,4H2. The Kier molecular flexibility index (Phi) is 2.15. The van der Waals surface area contributed by atoms with Gasteiger partial charge in [-0.2, -0.15) is 0 Å². The molecular weight excluding hydrogens is 286 g/mol. The maximum Gasteiger partial charge on any atom is 0.0609 e. The van der Waals surface area contributed by atoms with Crippen LogP contribution >= 0.6 is 15.9 Å². The molecule has 0 aliphatic heterocycles. The summed E-state index contributed by atoms with van der Waals surface area (Å²) in [6, 6.07) is 10.8. The second-order valence-corrected chi connectivity index (χ2v) is 5.64. The normalized spacial score (nSPS) is 14.3. The van der Waals surface area contributed by atoms with E-state index in [0.29, 0.717) is 0 Å². The maximum atomic E-state index is 3.62. The molecule has 0 saturated carbocycles. The number of para-hydroxylation sites is 1. The molecule has 0 amide bonds. The van der Waals surface area contributed by atoms with Crippen LogP contribution in [0.15, 0.2) is 40.9 Å². The van der Waals surface area contributed by atoms with Gasteiger partial charge in [0.25, 0.3) is 0 Å². The van der Waals surface area contributed by atoms with Gasteiger partial charge in [-0.25, -0.2) is 0 Å². The third-order valence-corrected chi connectivity index (χ3v) is 4.40. The minimum Gasteiger partial charge on any atom is -0.354 e. The first kappa shape index (κ1) is 10.4. The fourth-order valence-electron chi connectivity index (χ4n) is 2.90. The highest BCUT2D eigenvalue weighted by Crippen LogP contribution is 2.35. The van der Waals surface area contributed by atoms with Crippen LogP contribution in [0.1, 0.15) is 17.5 Å². The molecule has 2 heteroatoms. The number of halogens is 1. The summed E-state index contributed by atoms with van der Waals surface area (Å²) in [7, 11) is 0. The number of nitrogens with one attached hydrogen (secondary N) is 1. The largest absolute Gasteiger partial charge is 0.354 e. The highest BCUT2D eigenvalue weighted by molar-refractivity contribution is 9.10. The van der Waals surface area contributed by atoms with E-state index < -0.39 is 0 Å². The van der Waals surface area contributed by atoms with Crippen LogP contribution in [0.2, 0.25) is 0 Å². The molecule has 0 saturated heterocycles. The van der Waals surface area contributed by atoms with Gasteiger partial charge in [0, 0.05) is 20.8 Å². The van der Waals surface area contributed by atoms with Crippen LogP contribution in [0.5, 0.6) is 0 Å². The molecule has 18 heavy (non-hydrogen) atoms. The molecule has 1 aliphatic carbocycles. The fourth-order valence-corrected chi connectivity index (χ4v) is 3.36. The molecule has 88 valence electrons. The molecule has 4 rings (SSSR count). The van der Waals surface area contributed by atoms with Crippen molar-refractivity contribution in [3.8, 4) is 0 Å². The smallest absolute Gasteiger partial charge is 0.0609 e. The second-order valence-electron chi connectivity index (χ2n) is 4.79. The number of aryl methyl sites for hydroxylation is 1. The lowest BCUT2D eigenvalue weighted by Crippen LogP contribution is -1.93. The lowest BCUT2D eigenvalue weighted by Gasteiger charge is -2.11. The van der Waals surface area contributed by atoms with Gasteiger partial charge in [-0.05, 0) is 52.0 Å². The minimum atomic E-state index is 1.13. The van der Waals surface area contributed by atoms with Crippen molar-refractivity contribution in [1.82, 2.24) is 4.98 Å². The first-order chi connectivity index (χ1) is 8.84. The summed E-state index contributed by atoms with van der Waals surface area (Å²) in [4.78, 5) is 3.52. The zero-order chi connectivity index (χ0) is 12.1. The first-order valence-electron chi connectivity index (χ1n) is 6.23. The Morgan fingerprint density at radius 3 is 3.00 bits per heavy atom. The summed E-state index contributed by atoms with van der Waals surface area (Å²) in [6.07, 6.45) is 6.86. The van der Waals surface area contributed by atoms with Gasteiger partial charge in [-0.15, -0.1) is 0 Å². The van der Waals surface area contributed by atoms with Crippen molar-refractivity contribution < 1.29 is 0 Å². The van der Waals surface area contributed by atoms with Crippen LogP contribution in [0.25, 0.3) is 27.9 Å². The topological polar surface area (TPSA) is 15.8 Å². The molecule has 3 aromatic rings. The van der Waals surface area contributed by atoms with Crippen LogP contribution in [-0.2, 0) is 6.42 Å². The predicted octanol–water partition coefficient (Wildman–Crippen LogP) is 5.04. The molecule has 0 atom stereocenters. The van der Waals surface area contributed by atoms with E-state index in [1.165, 1.54) is 32.9 Å². The van der Waals surface area contributed by atoms with Gasteiger partial charge in [-0.3, -0.25) is 0 Å². The van der Waals surface area contributed by atoms with E-state index in [4.69, 9.17) is 0 Å². The van der Waals surface area contributed by atoms with Gasteiger partial charge < -0.3 is 4.98 Å². The average Bonchev–Trinajstić information content (AvgIpc) is 2.79. The second kappa shape index (κ2) is 3.72. The lowest BCUT2D eigenvalue weighted by atomic mass is 9.93. The van der Waals surface area contributed by atoms with Crippen LogP contribution in [0.3, 0.4) is 0 Å². The van der Waals surface area contributed by atoms with Gasteiger partial charge in [0.2, 0.25) is 0 Å². The predicted molar refractivity (Wildman–Crippen MR) is 80.9 cm³/mol. The van der Waals surface area contributed by atoms with Crippen LogP contribution in [0.4, 0.5) is 0 Å². The molecule has 1 nitrogen and oxygen atoms in total. The number of H-pyrrole nitrogens is 1. The molecule has 1 heterocycles. The number of allylic oxidation sites excluding steroid dienone is 1. The van der Waals surface area contributed by atoms with E-state index in [2.05, 4.69) is 63.4 Å². The van der Waals surface area contributed by atoms with Crippen molar-refractivity contribution in [1.29, 1.82) is 0 Å². The van der Waals surface area contributed by atoms with Crippen LogP contribution in [-0.4, -0.2) is 4.98 Å². The molecule has 1 aromatic heterocycles. The molecular formula is C16H12BrN. The quantitative estimate of drug-likeness (QED) is 0.598. The summed E-state index contributed by atoms with van der Waals surface area (Å²) in [6.45, 7) is 0. The van der Waals surface area contributed by atoms with Crippen molar-refractivity contribution >= 4 is 43.8 Å². The third-order valence-electron chi connectivity index (χ3n) is 3.74. The molecule has 0 fully saturated rings. The van der Waals surface area contributed by atoms with E-state index in [0.717, 1.165) is 17.3 Å². The van der Waals surface area contributed by atoms with Crippen LogP contribution in [0, 0.1) is 0 Å². The molecule has 0 spiro atoms. The van der Waals surface area contributed by atoms with Gasteiger partial charge in [0.05, 0.1) is 5.52 Å². The van der Waals surface area contributed by atoms with E-state index in [1.807, 2.05) is 0 Å². The summed E-state index contributed by atoms with van der Waals surface area (Å²) in [5, 5.41) is 2.67. The lowest BCUT2D eigenvalue weighted by molar-refractivity contribution is 0.990. The van der Waals surface area contributed by atoms with Crippen molar-refractivity contribution in [2.45, 2.75) is 12.8 Å². The monoisotopic (exact) mass is 297 g/mol. The van der Waals surface area contributed by atoms with Crippen LogP contribution < -0.4 is 0 Å². The average molecular weight is 298 g/mol. The number of benzene rings is 2. The van der Waals surface area contributed by atoms with E-state index in [-0.39, 0.29) is 0 Å². The van der Waals surface area contributed by atoms with E-state index in [1.54, 1.807) is 0 Å². The first-order valence-corrected chi connectivity index (χ1v) is 7.02. The minimum absolute atomic E-state index is 1.13. The Balaban J connectivity index is 2.25. The summed E-state index contributed by atoms with van der Waals surface area (Å²) in [5.74, 6) is 0. The van der Waals surface area contributed by atoms with Crippen molar-refractivity contribution in [3.63, 3.8) is 0 Å². The van der Waals surface area contributed by atoms with E-state index >= 15 is 0 Å². The zero-order valence-electron chi connectivity index (χ0n) is 9.83. The van der Waals surface area contributed by atoms with Crippen molar-refractivity contribution in [2.24, 2.45) is 0 Å². The Hall–Kier alpha value is -1.54. The van der Waals surface area contributed by atoms with Gasteiger partial charge in [-0.1, -0.05) is 30.4 Å². The zero-order valence-corrected chi connectivity index (χ0v) is 11.4. The summed E-state index contributed by atoms with van der Waals surface area (Å²) < 4.78 is 1.13. The molecule has 1 N–H and O–H groups in total. The molecule has 0 bridgehead atoms. The SMILES string of the molecule is Brc1cccc2c1[nH]c1ccc3c(c12)C=CCC3. The Bertz CT molecular complexity index is 796. The van der Waals surface area contributed by atoms with Crippen molar-refractivity contribution in [3.05, 3.63) is 52.0 Å². The Labute approximate surface area is 114 Å². The summed E-state index contributed by atoms with van der Waals surface area (Å²) in [5.41, 5.74) is 5.27. The van der Waals surface area contributed by atoms with E-state index in [9.17, 15) is 0 Å².